The van der Waals surface area contributed by atoms with Gasteiger partial charge in [-0.05, 0) is 43.5 Å². The van der Waals surface area contributed by atoms with Gasteiger partial charge in [-0.15, -0.1) is 0 Å². The summed E-state index contributed by atoms with van der Waals surface area (Å²) in [4.78, 5) is 6.68. The first-order valence-electron chi connectivity index (χ1n) is 6.81. The van der Waals surface area contributed by atoms with E-state index in [0.29, 0.717) is 12.6 Å². The van der Waals surface area contributed by atoms with Crippen molar-refractivity contribution in [2.45, 2.75) is 32.4 Å². The molecule has 1 aliphatic rings. The average molecular weight is 253 g/mol. The Labute approximate surface area is 114 Å². The summed E-state index contributed by atoms with van der Waals surface area (Å²) in [7, 11) is 0. The van der Waals surface area contributed by atoms with Crippen LogP contribution >= 0.6 is 0 Å². The van der Waals surface area contributed by atoms with Crippen LogP contribution in [0, 0.1) is 0 Å². The fraction of sp³-hybridized carbons (Fsp3) is 0.312. The molecule has 0 radical (unpaired) electrons. The zero-order chi connectivity index (χ0) is 13.2. The van der Waals surface area contributed by atoms with E-state index >= 15 is 0 Å². The van der Waals surface area contributed by atoms with Gasteiger partial charge in [0.05, 0.1) is 5.69 Å². The van der Waals surface area contributed by atoms with E-state index in [4.69, 9.17) is 5.73 Å². The van der Waals surface area contributed by atoms with E-state index in [2.05, 4.69) is 53.2 Å². The molecule has 0 bridgehead atoms. The Morgan fingerprint density at radius 3 is 3.00 bits per heavy atom. The number of hydrogen-bond donors (Lipinski definition) is 1. The van der Waals surface area contributed by atoms with Crippen LogP contribution in [0.15, 0.2) is 42.6 Å². The topological polar surface area (TPSA) is 42.2 Å². The average Bonchev–Trinajstić information content (AvgIpc) is 2.47. The van der Waals surface area contributed by atoms with E-state index < -0.39 is 0 Å². The minimum atomic E-state index is 0.484. The van der Waals surface area contributed by atoms with E-state index in [1.165, 1.54) is 23.4 Å². The highest BCUT2D eigenvalue weighted by Crippen LogP contribution is 2.36. The molecule has 1 aromatic heterocycles. The van der Waals surface area contributed by atoms with Crippen LogP contribution in [0.25, 0.3) is 0 Å². The summed E-state index contributed by atoms with van der Waals surface area (Å²) in [6.45, 7) is 2.76. The predicted octanol–water partition coefficient (Wildman–Crippen LogP) is 3.01. The molecule has 0 saturated heterocycles. The molecular weight excluding hydrogens is 234 g/mol. The van der Waals surface area contributed by atoms with Gasteiger partial charge in [0.25, 0.3) is 0 Å². The second-order valence-corrected chi connectivity index (χ2v) is 5.10. The second-order valence-electron chi connectivity index (χ2n) is 5.10. The van der Waals surface area contributed by atoms with Crippen molar-refractivity contribution in [2.24, 2.45) is 5.73 Å². The van der Waals surface area contributed by atoms with Gasteiger partial charge in [-0.25, -0.2) is 0 Å². The maximum Gasteiger partial charge on any atom is 0.0560 e. The van der Waals surface area contributed by atoms with E-state index in [-0.39, 0.29) is 0 Å². The van der Waals surface area contributed by atoms with Gasteiger partial charge in [-0.2, -0.15) is 0 Å². The molecule has 1 unspecified atom stereocenters. The van der Waals surface area contributed by atoms with Crippen LogP contribution < -0.4 is 10.6 Å². The summed E-state index contributed by atoms with van der Waals surface area (Å²) < 4.78 is 0. The number of hydrogen-bond acceptors (Lipinski definition) is 3. The highest BCUT2D eigenvalue weighted by molar-refractivity contribution is 5.68. The summed E-state index contributed by atoms with van der Waals surface area (Å²) in [5.41, 5.74) is 10.6. The summed E-state index contributed by atoms with van der Waals surface area (Å²) in [6, 6.07) is 13.3. The Hall–Kier alpha value is -1.87. The minimum absolute atomic E-state index is 0.484. The zero-order valence-corrected chi connectivity index (χ0v) is 11.2. The molecular formula is C16H19N3. The molecule has 3 heteroatoms. The first-order chi connectivity index (χ1) is 9.29. The number of aromatic nitrogens is 1. The smallest absolute Gasteiger partial charge is 0.0560 e. The summed E-state index contributed by atoms with van der Waals surface area (Å²) in [6.07, 6.45) is 4.18. The van der Waals surface area contributed by atoms with Gasteiger partial charge >= 0.3 is 0 Å². The number of nitrogens with two attached hydrogens (primary N) is 1. The van der Waals surface area contributed by atoms with Gasteiger partial charge in [0.1, 0.15) is 0 Å². The van der Waals surface area contributed by atoms with E-state index in [1.807, 2.05) is 6.20 Å². The molecule has 0 spiro atoms. The SMILES string of the molecule is CC1CCc2ccccc2N1c1ccnc(CN)c1. The normalized spacial score (nSPS) is 18.2. The zero-order valence-electron chi connectivity index (χ0n) is 11.2. The fourth-order valence-electron chi connectivity index (χ4n) is 2.81. The Morgan fingerprint density at radius 1 is 1.32 bits per heavy atom. The van der Waals surface area contributed by atoms with Crippen molar-refractivity contribution >= 4 is 11.4 Å². The van der Waals surface area contributed by atoms with E-state index in [1.54, 1.807) is 0 Å². The number of fused-ring (bicyclic) bond motifs is 1. The molecule has 1 aliphatic heterocycles. The highest BCUT2D eigenvalue weighted by Gasteiger charge is 2.24. The van der Waals surface area contributed by atoms with Crippen LogP contribution in [-0.2, 0) is 13.0 Å². The van der Waals surface area contributed by atoms with E-state index in [0.717, 1.165) is 12.1 Å². The molecule has 1 aromatic carbocycles. The lowest BCUT2D eigenvalue weighted by atomic mass is 9.96. The first-order valence-corrected chi connectivity index (χ1v) is 6.81. The molecule has 19 heavy (non-hydrogen) atoms. The maximum absolute atomic E-state index is 5.70. The van der Waals surface area contributed by atoms with Crippen LogP contribution in [0.5, 0.6) is 0 Å². The molecule has 98 valence electrons. The summed E-state index contributed by atoms with van der Waals surface area (Å²) >= 11 is 0. The second kappa shape index (κ2) is 5.02. The molecule has 0 fully saturated rings. The van der Waals surface area contributed by atoms with Crippen LogP contribution in [0.3, 0.4) is 0 Å². The van der Waals surface area contributed by atoms with Crippen LogP contribution in [0.4, 0.5) is 11.4 Å². The Balaban J connectivity index is 2.07. The quantitative estimate of drug-likeness (QED) is 0.894. The van der Waals surface area contributed by atoms with Gasteiger partial charge in [0.2, 0.25) is 0 Å². The van der Waals surface area contributed by atoms with Crippen LogP contribution in [0.2, 0.25) is 0 Å². The standard InChI is InChI=1S/C16H19N3/c1-12-6-7-13-4-2-3-5-16(13)19(12)15-8-9-18-14(10-15)11-17/h2-5,8-10,12H,6-7,11,17H2,1H3. The Kier molecular flexibility index (Phi) is 3.22. The van der Waals surface area contributed by atoms with Crippen LogP contribution in [-0.4, -0.2) is 11.0 Å². The third-order valence-electron chi connectivity index (χ3n) is 3.81. The molecule has 0 saturated carbocycles. The lowest BCUT2D eigenvalue weighted by Crippen LogP contribution is -2.33. The number of rotatable bonds is 2. The van der Waals surface area contributed by atoms with Crippen molar-refractivity contribution < 1.29 is 0 Å². The van der Waals surface area contributed by atoms with E-state index in [9.17, 15) is 0 Å². The number of pyridine rings is 1. The Morgan fingerprint density at radius 2 is 2.16 bits per heavy atom. The van der Waals surface area contributed by atoms with Gasteiger partial charge in [-0.3, -0.25) is 4.98 Å². The van der Waals surface area contributed by atoms with Gasteiger partial charge in [0, 0.05) is 30.2 Å². The third-order valence-corrected chi connectivity index (χ3v) is 3.81. The van der Waals surface area contributed by atoms with Crippen molar-refractivity contribution in [1.29, 1.82) is 0 Å². The number of para-hydroxylation sites is 1. The molecule has 1 atom stereocenters. The fourth-order valence-corrected chi connectivity index (χ4v) is 2.81. The van der Waals surface area contributed by atoms with Gasteiger partial charge < -0.3 is 10.6 Å². The summed E-state index contributed by atoms with van der Waals surface area (Å²) in [5.74, 6) is 0. The minimum Gasteiger partial charge on any atom is -0.338 e. The lowest BCUT2D eigenvalue weighted by molar-refractivity contribution is 0.617. The predicted molar refractivity (Wildman–Crippen MR) is 78.5 cm³/mol. The lowest BCUT2D eigenvalue weighted by Gasteiger charge is -2.37. The maximum atomic E-state index is 5.70. The van der Waals surface area contributed by atoms with Gasteiger partial charge in [-0.1, -0.05) is 18.2 Å². The van der Waals surface area contributed by atoms with Crippen LogP contribution in [0.1, 0.15) is 24.6 Å². The highest BCUT2D eigenvalue weighted by atomic mass is 15.2. The molecule has 3 rings (SSSR count). The number of aryl methyl sites for hydroxylation is 1. The molecule has 3 nitrogen and oxygen atoms in total. The monoisotopic (exact) mass is 253 g/mol. The number of benzene rings is 1. The first kappa shape index (κ1) is 12.2. The van der Waals surface area contributed by atoms with Crippen molar-refractivity contribution in [1.82, 2.24) is 4.98 Å². The molecule has 2 heterocycles. The summed E-state index contributed by atoms with van der Waals surface area (Å²) in [5, 5.41) is 0. The third kappa shape index (κ3) is 2.22. The number of anilines is 2. The van der Waals surface area contributed by atoms with Gasteiger partial charge in [0.15, 0.2) is 0 Å². The molecule has 0 amide bonds. The van der Waals surface area contributed by atoms with Crippen molar-refractivity contribution in [3.8, 4) is 0 Å². The number of nitrogens with zero attached hydrogens (tertiary/aromatic N) is 2. The molecule has 0 aliphatic carbocycles. The van der Waals surface area contributed by atoms with Crippen molar-refractivity contribution in [3.05, 3.63) is 53.9 Å². The Bertz CT molecular complexity index is 580. The van der Waals surface area contributed by atoms with Crippen molar-refractivity contribution in [2.75, 3.05) is 4.90 Å². The molecule has 2 N–H and O–H groups in total. The van der Waals surface area contributed by atoms with Crippen molar-refractivity contribution in [3.63, 3.8) is 0 Å². The largest absolute Gasteiger partial charge is 0.338 e. The molecule has 2 aromatic rings.